The molecule has 0 saturated heterocycles. The maximum Gasteiger partial charge on any atom is 0.306 e. The van der Waals surface area contributed by atoms with E-state index in [-0.39, 0.29) is 4.90 Å². The average molecular weight is 305 g/mol. The van der Waals surface area contributed by atoms with Gasteiger partial charge in [-0.2, -0.15) is 0 Å². The number of benzene rings is 1. The van der Waals surface area contributed by atoms with Crippen LogP contribution >= 0.6 is 0 Å². The summed E-state index contributed by atoms with van der Waals surface area (Å²) in [6, 6.07) is 3.32. The molecule has 0 spiro atoms. The fourth-order valence-electron chi connectivity index (χ4n) is 1.58. The number of aliphatic carboxylic acids is 1. The van der Waals surface area contributed by atoms with Crippen molar-refractivity contribution in [2.75, 3.05) is 6.54 Å². The van der Waals surface area contributed by atoms with Crippen LogP contribution in [0.2, 0.25) is 0 Å². The Hall–Kier alpha value is -1.51. The smallest absolute Gasteiger partial charge is 0.306 e. The fourth-order valence-corrected chi connectivity index (χ4v) is 3.00. The Labute approximate surface area is 116 Å². The van der Waals surface area contributed by atoms with Gasteiger partial charge in [0.25, 0.3) is 0 Å². The minimum absolute atomic E-state index is 0.247. The molecule has 0 aromatic heterocycles. The number of aliphatic hydroxyl groups is 1. The van der Waals surface area contributed by atoms with Gasteiger partial charge in [-0.05, 0) is 31.5 Å². The van der Waals surface area contributed by atoms with E-state index in [0.717, 1.165) is 12.1 Å². The summed E-state index contributed by atoms with van der Waals surface area (Å²) in [6.45, 7) is 2.21. The highest BCUT2D eigenvalue weighted by Crippen LogP contribution is 2.17. The van der Waals surface area contributed by atoms with Gasteiger partial charge in [-0.15, -0.1) is 0 Å². The Balaban J connectivity index is 2.91. The van der Waals surface area contributed by atoms with Crippen LogP contribution in [0.4, 0.5) is 4.39 Å². The third kappa shape index (κ3) is 4.55. The summed E-state index contributed by atoms with van der Waals surface area (Å²) in [5.41, 5.74) is -1.39. The number of rotatable bonds is 6. The van der Waals surface area contributed by atoms with Gasteiger partial charge in [0.1, 0.15) is 5.82 Å². The van der Waals surface area contributed by atoms with E-state index < -0.39 is 40.4 Å². The third-order valence-corrected chi connectivity index (χ3v) is 4.16. The van der Waals surface area contributed by atoms with E-state index in [9.17, 15) is 22.7 Å². The molecule has 1 aromatic rings. The largest absolute Gasteiger partial charge is 0.481 e. The highest BCUT2D eigenvalue weighted by molar-refractivity contribution is 7.89. The molecule has 0 aliphatic carbocycles. The second-order valence-corrected chi connectivity index (χ2v) is 6.54. The lowest BCUT2D eigenvalue weighted by Crippen LogP contribution is -2.42. The SMILES string of the molecule is Cc1ccc(F)cc1S(=O)(=O)NCC(C)(O)CC(=O)O. The van der Waals surface area contributed by atoms with E-state index in [2.05, 4.69) is 4.72 Å². The van der Waals surface area contributed by atoms with Gasteiger partial charge in [0.2, 0.25) is 10.0 Å². The predicted molar refractivity (Wildman–Crippen MR) is 69.2 cm³/mol. The number of halogens is 1. The van der Waals surface area contributed by atoms with E-state index >= 15 is 0 Å². The van der Waals surface area contributed by atoms with Crippen LogP contribution < -0.4 is 4.72 Å². The maximum atomic E-state index is 13.1. The van der Waals surface area contributed by atoms with Crippen molar-refractivity contribution in [3.8, 4) is 0 Å². The molecule has 1 rings (SSSR count). The molecule has 20 heavy (non-hydrogen) atoms. The first kappa shape index (κ1) is 16.5. The molecule has 0 heterocycles. The summed E-state index contributed by atoms with van der Waals surface area (Å²) in [4.78, 5) is 10.3. The van der Waals surface area contributed by atoms with Gasteiger partial charge in [-0.25, -0.2) is 17.5 Å². The molecule has 1 aromatic carbocycles. The highest BCUT2D eigenvalue weighted by Gasteiger charge is 2.27. The molecular weight excluding hydrogens is 289 g/mol. The standard InChI is InChI=1S/C12H16FNO5S/c1-8-3-4-9(13)5-10(8)20(18,19)14-7-12(2,17)6-11(15)16/h3-5,14,17H,6-7H2,1-2H3,(H,15,16). The van der Waals surface area contributed by atoms with Crippen LogP contribution in [0, 0.1) is 12.7 Å². The predicted octanol–water partition coefficient (Wildman–Crippen LogP) is 0.638. The van der Waals surface area contributed by atoms with Crippen molar-refractivity contribution in [3.63, 3.8) is 0 Å². The number of carboxylic acids is 1. The number of hydrogen-bond acceptors (Lipinski definition) is 4. The van der Waals surface area contributed by atoms with E-state index in [1.54, 1.807) is 0 Å². The zero-order valence-electron chi connectivity index (χ0n) is 11.1. The third-order valence-electron chi connectivity index (χ3n) is 2.61. The first-order valence-corrected chi connectivity index (χ1v) is 7.22. The summed E-state index contributed by atoms with van der Waals surface area (Å²) in [5.74, 6) is -1.95. The van der Waals surface area contributed by atoms with Gasteiger partial charge in [0, 0.05) is 6.54 Å². The topological polar surface area (TPSA) is 104 Å². The molecule has 0 aliphatic rings. The van der Waals surface area contributed by atoms with Crippen LogP contribution in [-0.4, -0.2) is 36.7 Å². The molecule has 0 saturated carbocycles. The zero-order chi connectivity index (χ0) is 15.6. The molecule has 1 atom stereocenters. The number of nitrogens with one attached hydrogen (secondary N) is 1. The second-order valence-electron chi connectivity index (χ2n) is 4.80. The molecule has 6 nitrogen and oxygen atoms in total. The Morgan fingerprint density at radius 1 is 1.45 bits per heavy atom. The Morgan fingerprint density at radius 3 is 2.60 bits per heavy atom. The van der Waals surface area contributed by atoms with Crippen molar-refractivity contribution < 1.29 is 27.8 Å². The molecule has 112 valence electrons. The van der Waals surface area contributed by atoms with Gasteiger partial charge in [-0.3, -0.25) is 4.79 Å². The lowest BCUT2D eigenvalue weighted by atomic mass is 10.0. The normalized spacial score (nSPS) is 14.8. The number of carboxylic acid groups (broad SMARTS) is 1. The fraction of sp³-hybridized carbons (Fsp3) is 0.417. The Kier molecular flexibility index (Phi) is 4.85. The summed E-state index contributed by atoms with van der Waals surface area (Å²) < 4.78 is 39.2. The van der Waals surface area contributed by atoms with Crippen molar-refractivity contribution >= 4 is 16.0 Å². The summed E-state index contributed by atoms with van der Waals surface area (Å²) >= 11 is 0. The van der Waals surface area contributed by atoms with Crippen LogP contribution in [0.15, 0.2) is 23.1 Å². The lowest BCUT2D eigenvalue weighted by Gasteiger charge is -2.21. The van der Waals surface area contributed by atoms with E-state index in [4.69, 9.17) is 5.11 Å². The van der Waals surface area contributed by atoms with E-state index in [0.29, 0.717) is 5.56 Å². The van der Waals surface area contributed by atoms with Gasteiger partial charge >= 0.3 is 5.97 Å². The average Bonchev–Trinajstić information content (AvgIpc) is 2.28. The molecule has 0 amide bonds. The number of hydrogen-bond donors (Lipinski definition) is 3. The monoisotopic (exact) mass is 305 g/mol. The van der Waals surface area contributed by atoms with E-state index in [1.807, 2.05) is 0 Å². The van der Waals surface area contributed by atoms with Gasteiger partial charge in [0.05, 0.1) is 16.9 Å². The molecule has 1 unspecified atom stereocenters. The summed E-state index contributed by atoms with van der Waals surface area (Å²) in [6.07, 6.45) is -0.613. The van der Waals surface area contributed by atoms with Gasteiger partial charge in [0.15, 0.2) is 0 Å². The zero-order valence-corrected chi connectivity index (χ0v) is 11.9. The van der Waals surface area contributed by atoms with Crippen LogP contribution in [0.3, 0.4) is 0 Å². The van der Waals surface area contributed by atoms with Crippen molar-refractivity contribution in [1.82, 2.24) is 4.72 Å². The number of carbonyl (C=O) groups is 1. The molecule has 0 radical (unpaired) electrons. The molecular formula is C12H16FNO5S. The minimum atomic E-state index is -4.03. The molecule has 0 bridgehead atoms. The van der Waals surface area contributed by atoms with Crippen molar-refractivity contribution in [2.24, 2.45) is 0 Å². The summed E-state index contributed by atoms with van der Waals surface area (Å²) in [7, 11) is -4.03. The number of aryl methyl sites for hydroxylation is 1. The van der Waals surface area contributed by atoms with Crippen molar-refractivity contribution in [1.29, 1.82) is 0 Å². The first-order chi connectivity index (χ1) is 9.03. The highest BCUT2D eigenvalue weighted by atomic mass is 32.2. The molecule has 8 heteroatoms. The quantitative estimate of drug-likeness (QED) is 0.715. The first-order valence-electron chi connectivity index (χ1n) is 5.73. The van der Waals surface area contributed by atoms with Crippen LogP contribution in [0.5, 0.6) is 0 Å². The van der Waals surface area contributed by atoms with Crippen LogP contribution in [0.1, 0.15) is 18.9 Å². The number of sulfonamides is 1. The van der Waals surface area contributed by atoms with Crippen molar-refractivity contribution in [2.45, 2.75) is 30.8 Å². The minimum Gasteiger partial charge on any atom is -0.481 e. The van der Waals surface area contributed by atoms with Crippen molar-refractivity contribution in [3.05, 3.63) is 29.6 Å². The molecule has 0 aliphatic heterocycles. The molecule has 0 fully saturated rings. The van der Waals surface area contributed by atoms with Gasteiger partial charge in [-0.1, -0.05) is 6.07 Å². The van der Waals surface area contributed by atoms with Crippen LogP contribution in [-0.2, 0) is 14.8 Å². The summed E-state index contributed by atoms with van der Waals surface area (Å²) in [5, 5.41) is 18.3. The van der Waals surface area contributed by atoms with Gasteiger partial charge < -0.3 is 10.2 Å². The van der Waals surface area contributed by atoms with E-state index in [1.165, 1.54) is 19.9 Å². The van der Waals surface area contributed by atoms with Crippen LogP contribution in [0.25, 0.3) is 0 Å². The Morgan fingerprint density at radius 2 is 2.05 bits per heavy atom. The molecule has 3 N–H and O–H groups in total. The Bertz CT molecular complexity index is 612. The lowest BCUT2D eigenvalue weighted by molar-refractivity contribution is -0.141. The maximum absolute atomic E-state index is 13.1. The second kappa shape index (κ2) is 5.86.